The molecule has 1 aliphatic rings. The molecule has 30 heavy (non-hydrogen) atoms. The van der Waals surface area contributed by atoms with Gasteiger partial charge in [0.1, 0.15) is 5.82 Å². The predicted molar refractivity (Wildman–Crippen MR) is 111 cm³/mol. The van der Waals surface area contributed by atoms with Crippen molar-refractivity contribution in [1.82, 2.24) is 4.98 Å². The van der Waals surface area contributed by atoms with Crippen LogP contribution in [0.3, 0.4) is 0 Å². The molecule has 3 aromatic rings. The van der Waals surface area contributed by atoms with Gasteiger partial charge in [-0.05, 0) is 62.4 Å². The molecule has 9 heteroatoms. The molecular formula is C21H20ClFN2O4S. The molecule has 1 fully saturated rings. The highest BCUT2D eigenvalue weighted by atomic mass is 35.5. The number of rotatable bonds is 4. The van der Waals surface area contributed by atoms with Gasteiger partial charge in [-0.2, -0.15) is 4.98 Å². The summed E-state index contributed by atoms with van der Waals surface area (Å²) in [7, 11) is -3.99. The molecule has 2 atom stereocenters. The molecule has 0 bridgehead atoms. The van der Waals surface area contributed by atoms with E-state index in [0.29, 0.717) is 23.7 Å². The molecule has 1 saturated heterocycles. The van der Waals surface area contributed by atoms with Crippen LogP contribution >= 0.6 is 11.6 Å². The molecule has 0 radical (unpaired) electrons. The quantitative estimate of drug-likeness (QED) is 0.579. The van der Waals surface area contributed by atoms with E-state index in [2.05, 4.69) is 4.98 Å². The Morgan fingerprint density at radius 2 is 1.63 bits per heavy atom. The molecule has 0 saturated carbocycles. The normalized spacial score (nSPS) is 19.8. The van der Waals surface area contributed by atoms with E-state index in [0.717, 1.165) is 0 Å². The number of sulfone groups is 1. The van der Waals surface area contributed by atoms with Crippen molar-refractivity contribution in [3.8, 4) is 11.5 Å². The average Bonchev–Trinajstić information content (AvgIpc) is 3.14. The Balaban J connectivity index is 1.85. The lowest BCUT2D eigenvalue weighted by Gasteiger charge is -2.35. The van der Waals surface area contributed by atoms with Crippen molar-refractivity contribution >= 4 is 27.3 Å². The minimum absolute atomic E-state index is 0.0569. The third-order valence-electron chi connectivity index (χ3n) is 4.76. The number of aromatic nitrogens is 1. The summed E-state index contributed by atoms with van der Waals surface area (Å²) in [6.45, 7) is 4.72. The second kappa shape index (κ2) is 8.02. The van der Waals surface area contributed by atoms with Gasteiger partial charge in [0.05, 0.1) is 17.1 Å². The van der Waals surface area contributed by atoms with Gasteiger partial charge in [0.15, 0.2) is 0 Å². The maximum absolute atomic E-state index is 13.4. The fraction of sp³-hybridized carbons (Fsp3) is 0.286. The van der Waals surface area contributed by atoms with Gasteiger partial charge < -0.3 is 14.1 Å². The van der Waals surface area contributed by atoms with Crippen LogP contribution in [0.2, 0.25) is 5.02 Å². The molecule has 2 unspecified atom stereocenters. The second-order valence-electron chi connectivity index (χ2n) is 7.26. The monoisotopic (exact) mass is 450 g/mol. The highest BCUT2D eigenvalue weighted by Gasteiger charge is 2.34. The molecule has 0 amide bonds. The number of halogens is 2. The maximum Gasteiger partial charge on any atom is 0.236 e. The zero-order chi connectivity index (χ0) is 21.5. The van der Waals surface area contributed by atoms with Crippen molar-refractivity contribution in [2.75, 3.05) is 18.0 Å². The van der Waals surface area contributed by atoms with E-state index in [9.17, 15) is 12.8 Å². The Morgan fingerprint density at radius 3 is 2.23 bits per heavy atom. The fourth-order valence-electron chi connectivity index (χ4n) is 3.46. The van der Waals surface area contributed by atoms with Crippen LogP contribution in [0, 0.1) is 5.82 Å². The summed E-state index contributed by atoms with van der Waals surface area (Å²) in [5.74, 6) is -0.161. The Bertz CT molecular complexity index is 1140. The molecule has 158 valence electrons. The van der Waals surface area contributed by atoms with Crippen molar-refractivity contribution in [1.29, 1.82) is 0 Å². The minimum Gasteiger partial charge on any atom is -0.419 e. The van der Waals surface area contributed by atoms with Gasteiger partial charge in [0, 0.05) is 23.7 Å². The first kappa shape index (κ1) is 20.8. The summed E-state index contributed by atoms with van der Waals surface area (Å²) >= 11 is 5.91. The summed E-state index contributed by atoms with van der Waals surface area (Å²) in [6.07, 6.45) is -0.224. The molecule has 1 aliphatic heterocycles. The lowest BCUT2D eigenvalue weighted by molar-refractivity contribution is -0.00657. The van der Waals surface area contributed by atoms with Crippen molar-refractivity contribution in [2.24, 2.45) is 0 Å². The number of morpholine rings is 1. The van der Waals surface area contributed by atoms with Gasteiger partial charge in [0.25, 0.3) is 0 Å². The van der Waals surface area contributed by atoms with E-state index in [4.69, 9.17) is 20.8 Å². The van der Waals surface area contributed by atoms with Crippen LogP contribution in [0.1, 0.15) is 13.8 Å². The Kier molecular flexibility index (Phi) is 5.57. The van der Waals surface area contributed by atoms with E-state index >= 15 is 0 Å². The number of oxazole rings is 1. The third kappa shape index (κ3) is 4.08. The molecule has 0 aliphatic carbocycles. The molecule has 0 spiro atoms. The van der Waals surface area contributed by atoms with Gasteiger partial charge in [-0.25, -0.2) is 12.8 Å². The minimum atomic E-state index is -3.99. The predicted octanol–water partition coefficient (Wildman–Crippen LogP) is 4.58. The van der Waals surface area contributed by atoms with Crippen molar-refractivity contribution in [3.05, 3.63) is 59.4 Å². The number of benzene rings is 2. The summed E-state index contributed by atoms with van der Waals surface area (Å²) in [5.41, 5.74) is 0.476. The second-order valence-corrected chi connectivity index (χ2v) is 9.56. The zero-order valence-corrected chi connectivity index (χ0v) is 18.0. The molecule has 6 nitrogen and oxygen atoms in total. The molecule has 4 rings (SSSR count). The van der Waals surface area contributed by atoms with Crippen molar-refractivity contribution in [2.45, 2.75) is 36.0 Å². The van der Waals surface area contributed by atoms with E-state index in [1.54, 1.807) is 0 Å². The van der Waals surface area contributed by atoms with Crippen LogP contribution in [-0.2, 0) is 14.6 Å². The maximum atomic E-state index is 13.4. The van der Waals surface area contributed by atoms with E-state index in [-0.39, 0.29) is 33.9 Å². The molecule has 2 heterocycles. The van der Waals surface area contributed by atoms with Gasteiger partial charge >= 0.3 is 0 Å². The number of ether oxygens (including phenoxy) is 1. The van der Waals surface area contributed by atoms with Gasteiger partial charge in [-0.3, -0.25) is 0 Å². The molecular weight excluding hydrogens is 431 g/mol. The Morgan fingerprint density at radius 1 is 1.03 bits per heavy atom. The van der Waals surface area contributed by atoms with Crippen LogP contribution in [0.25, 0.3) is 11.5 Å². The third-order valence-corrected chi connectivity index (χ3v) is 6.68. The highest BCUT2D eigenvalue weighted by Crippen LogP contribution is 2.36. The summed E-state index contributed by atoms with van der Waals surface area (Å²) in [5, 5.41) is 0.239. The first-order valence-corrected chi connectivity index (χ1v) is 11.3. The van der Waals surface area contributed by atoms with E-state index < -0.39 is 15.7 Å². The number of hydrogen-bond acceptors (Lipinski definition) is 6. The number of nitrogens with zero attached hydrogens (tertiary/aromatic N) is 2. The van der Waals surface area contributed by atoms with Crippen molar-refractivity contribution < 1.29 is 22.0 Å². The highest BCUT2D eigenvalue weighted by molar-refractivity contribution is 7.91. The van der Waals surface area contributed by atoms with Crippen LogP contribution in [0.15, 0.2) is 62.9 Å². The van der Waals surface area contributed by atoms with Crippen LogP contribution in [0.4, 0.5) is 10.3 Å². The smallest absolute Gasteiger partial charge is 0.236 e. The Labute approximate surface area is 179 Å². The molecule has 0 N–H and O–H groups in total. The lowest BCUT2D eigenvalue weighted by atomic mass is 10.2. The number of hydrogen-bond donors (Lipinski definition) is 0. The van der Waals surface area contributed by atoms with Crippen LogP contribution in [0.5, 0.6) is 0 Å². The first-order valence-electron chi connectivity index (χ1n) is 9.42. The lowest BCUT2D eigenvalue weighted by Crippen LogP contribution is -2.45. The van der Waals surface area contributed by atoms with Crippen LogP contribution in [-0.4, -0.2) is 38.7 Å². The summed E-state index contributed by atoms with van der Waals surface area (Å²) in [6, 6.07) is 11.4. The van der Waals surface area contributed by atoms with Crippen molar-refractivity contribution in [3.63, 3.8) is 0 Å². The summed E-state index contributed by atoms with van der Waals surface area (Å²) < 4.78 is 51.8. The zero-order valence-electron chi connectivity index (χ0n) is 16.4. The van der Waals surface area contributed by atoms with E-state index in [1.165, 1.54) is 48.5 Å². The molecule has 1 aromatic heterocycles. The topological polar surface area (TPSA) is 72.6 Å². The van der Waals surface area contributed by atoms with Crippen LogP contribution < -0.4 is 4.90 Å². The molecule has 2 aromatic carbocycles. The Hall–Kier alpha value is -2.42. The SMILES string of the molecule is CC1CN(c2oc(-c3ccc(F)cc3)nc2S(=O)(=O)c2ccc(Cl)cc2)CC(C)O1. The van der Waals surface area contributed by atoms with Gasteiger partial charge in [-0.15, -0.1) is 0 Å². The average molecular weight is 451 g/mol. The van der Waals surface area contributed by atoms with Gasteiger partial charge in [0.2, 0.25) is 26.6 Å². The summed E-state index contributed by atoms with van der Waals surface area (Å²) in [4.78, 5) is 6.19. The standard InChI is InChI=1S/C21H20ClFN2O4S/c1-13-11-25(12-14(2)28-13)21-20(30(26,27)18-9-5-16(22)6-10-18)24-19(29-21)15-3-7-17(23)8-4-15/h3-10,13-14H,11-12H2,1-2H3. The fourth-order valence-corrected chi connectivity index (χ4v) is 4.91. The number of anilines is 1. The largest absolute Gasteiger partial charge is 0.419 e. The van der Waals surface area contributed by atoms with Gasteiger partial charge in [-0.1, -0.05) is 11.6 Å². The van der Waals surface area contributed by atoms with E-state index in [1.807, 2.05) is 18.7 Å². The first-order chi connectivity index (χ1) is 14.2.